The number of sulfonamides is 1. The van der Waals surface area contributed by atoms with Crippen LogP contribution in [-0.4, -0.2) is 32.9 Å². The Bertz CT molecular complexity index is 660. The molecule has 1 aromatic rings. The predicted octanol–water partition coefficient (Wildman–Crippen LogP) is 1.59. The van der Waals surface area contributed by atoms with Crippen LogP contribution in [-0.2, 0) is 21.2 Å². The number of hydrogen-bond donors (Lipinski definition) is 1. The van der Waals surface area contributed by atoms with Crippen molar-refractivity contribution < 1.29 is 13.2 Å². The molecule has 0 spiro atoms. The molecule has 0 radical (unpaired) electrons. The molecule has 2 atom stereocenters. The third kappa shape index (κ3) is 3.67. The van der Waals surface area contributed by atoms with E-state index in [1.54, 1.807) is 12.1 Å². The smallest absolute Gasteiger partial charge is 0.215 e. The molecule has 1 aliphatic heterocycles. The highest BCUT2D eigenvalue weighted by molar-refractivity contribution is 7.90. The average molecular weight is 320 g/mol. The van der Waals surface area contributed by atoms with E-state index in [2.05, 4.69) is 10.8 Å². The molecule has 0 amide bonds. The van der Waals surface area contributed by atoms with Crippen molar-refractivity contribution in [2.45, 2.75) is 37.0 Å². The number of ether oxygens (including phenoxy) is 1. The summed E-state index contributed by atoms with van der Waals surface area (Å²) in [5.74, 6) is -0.0436. The molecular formula is C16H20N2O3S. The van der Waals surface area contributed by atoms with E-state index >= 15 is 0 Å². The van der Waals surface area contributed by atoms with Crippen molar-refractivity contribution in [3.63, 3.8) is 0 Å². The van der Waals surface area contributed by atoms with Gasteiger partial charge in [0.25, 0.3) is 0 Å². The first-order chi connectivity index (χ1) is 10.6. The normalized spacial score (nSPS) is 25.6. The molecule has 3 rings (SSSR count). The summed E-state index contributed by atoms with van der Waals surface area (Å²) >= 11 is 0. The zero-order valence-electron chi connectivity index (χ0n) is 12.4. The van der Waals surface area contributed by atoms with E-state index in [0.29, 0.717) is 31.6 Å². The fraction of sp³-hybridized carbons (Fsp3) is 0.562. The van der Waals surface area contributed by atoms with Crippen molar-refractivity contribution in [1.29, 1.82) is 5.26 Å². The zero-order chi connectivity index (χ0) is 15.6. The quantitative estimate of drug-likeness (QED) is 0.893. The molecule has 22 heavy (non-hydrogen) atoms. The SMILES string of the molecule is N#Cc1ccc(C[C@H]2COCC[C@H]2S(=O)(=O)NC2CC2)cc1. The van der Waals surface area contributed by atoms with Crippen LogP contribution in [0.3, 0.4) is 0 Å². The maximum absolute atomic E-state index is 12.5. The van der Waals surface area contributed by atoms with Crippen LogP contribution in [0.4, 0.5) is 0 Å². The first-order valence-corrected chi connectivity index (χ1v) is 9.21. The Kier molecular flexibility index (Phi) is 4.48. The maximum atomic E-state index is 12.5. The van der Waals surface area contributed by atoms with Crippen LogP contribution in [0, 0.1) is 17.2 Å². The molecule has 1 saturated heterocycles. The molecule has 2 aliphatic rings. The van der Waals surface area contributed by atoms with Gasteiger partial charge in [0.15, 0.2) is 0 Å². The monoisotopic (exact) mass is 320 g/mol. The molecule has 2 fully saturated rings. The molecule has 5 nitrogen and oxygen atoms in total. The van der Waals surface area contributed by atoms with Crippen molar-refractivity contribution in [3.05, 3.63) is 35.4 Å². The average Bonchev–Trinajstić information content (AvgIpc) is 3.32. The second-order valence-corrected chi connectivity index (χ2v) is 8.04. The summed E-state index contributed by atoms with van der Waals surface area (Å²) in [5.41, 5.74) is 1.66. The molecule has 1 saturated carbocycles. The number of nitrogens with zero attached hydrogens (tertiary/aromatic N) is 1. The Morgan fingerprint density at radius 2 is 1.95 bits per heavy atom. The van der Waals surface area contributed by atoms with Crippen molar-refractivity contribution in [2.75, 3.05) is 13.2 Å². The Balaban J connectivity index is 1.72. The zero-order valence-corrected chi connectivity index (χ0v) is 13.2. The van der Waals surface area contributed by atoms with E-state index in [0.717, 1.165) is 18.4 Å². The van der Waals surface area contributed by atoms with Gasteiger partial charge in [0.2, 0.25) is 10.0 Å². The van der Waals surface area contributed by atoms with Crippen LogP contribution in [0.5, 0.6) is 0 Å². The van der Waals surface area contributed by atoms with Gasteiger partial charge in [-0.15, -0.1) is 0 Å². The Morgan fingerprint density at radius 3 is 2.59 bits per heavy atom. The third-order valence-corrected chi connectivity index (χ3v) is 6.37. The summed E-state index contributed by atoms with van der Waals surface area (Å²) in [6, 6.07) is 9.56. The Labute approximate surface area is 131 Å². The van der Waals surface area contributed by atoms with Crippen LogP contribution in [0.2, 0.25) is 0 Å². The van der Waals surface area contributed by atoms with Crippen molar-refractivity contribution in [3.8, 4) is 6.07 Å². The van der Waals surface area contributed by atoms with E-state index in [4.69, 9.17) is 10.00 Å². The highest BCUT2D eigenvalue weighted by atomic mass is 32.2. The summed E-state index contributed by atoms with van der Waals surface area (Å²) in [6.45, 7) is 0.969. The van der Waals surface area contributed by atoms with E-state index < -0.39 is 15.3 Å². The number of nitriles is 1. The van der Waals surface area contributed by atoms with E-state index in [-0.39, 0.29) is 12.0 Å². The van der Waals surface area contributed by atoms with Crippen LogP contribution in [0.25, 0.3) is 0 Å². The fourth-order valence-electron chi connectivity index (χ4n) is 2.92. The van der Waals surface area contributed by atoms with E-state index in [1.165, 1.54) is 0 Å². The van der Waals surface area contributed by atoms with E-state index in [9.17, 15) is 8.42 Å². The van der Waals surface area contributed by atoms with Gasteiger partial charge >= 0.3 is 0 Å². The van der Waals surface area contributed by atoms with Gasteiger partial charge in [-0.1, -0.05) is 12.1 Å². The minimum Gasteiger partial charge on any atom is -0.381 e. The highest BCUT2D eigenvalue weighted by Crippen LogP contribution is 2.28. The van der Waals surface area contributed by atoms with Crippen molar-refractivity contribution >= 4 is 10.0 Å². The summed E-state index contributed by atoms with van der Waals surface area (Å²) in [4.78, 5) is 0. The lowest BCUT2D eigenvalue weighted by Crippen LogP contribution is -2.45. The summed E-state index contributed by atoms with van der Waals surface area (Å²) < 4.78 is 33.4. The summed E-state index contributed by atoms with van der Waals surface area (Å²) in [5, 5.41) is 8.44. The second kappa shape index (κ2) is 6.37. The minimum absolute atomic E-state index is 0.0436. The molecule has 1 aliphatic carbocycles. The van der Waals surface area contributed by atoms with Gasteiger partial charge in [-0.3, -0.25) is 0 Å². The lowest BCUT2D eigenvalue weighted by atomic mass is 9.93. The van der Waals surface area contributed by atoms with Crippen LogP contribution in [0.15, 0.2) is 24.3 Å². The fourth-order valence-corrected chi connectivity index (χ4v) is 4.88. The van der Waals surface area contributed by atoms with Crippen LogP contribution >= 0.6 is 0 Å². The van der Waals surface area contributed by atoms with Crippen molar-refractivity contribution in [2.24, 2.45) is 5.92 Å². The first-order valence-electron chi connectivity index (χ1n) is 7.66. The Hall–Kier alpha value is -1.42. The van der Waals surface area contributed by atoms with Gasteiger partial charge in [0, 0.05) is 18.6 Å². The van der Waals surface area contributed by atoms with Crippen LogP contribution < -0.4 is 4.72 Å². The first kappa shape index (κ1) is 15.5. The molecule has 1 N–H and O–H groups in total. The summed E-state index contributed by atoms with van der Waals surface area (Å²) in [6.07, 6.45) is 3.09. The molecule has 0 bridgehead atoms. The molecule has 0 aromatic heterocycles. The van der Waals surface area contributed by atoms with Gasteiger partial charge < -0.3 is 4.74 Å². The molecule has 0 unspecified atom stereocenters. The number of nitrogens with one attached hydrogen (secondary N) is 1. The van der Waals surface area contributed by atoms with Gasteiger partial charge in [0.1, 0.15) is 0 Å². The highest BCUT2D eigenvalue weighted by Gasteiger charge is 2.39. The molecule has 1 heterocycles. The third-order valence-electron chi connectivity index (χ3n) is 4.29. The molecule has 118 valence electrons. The van der Waals surface area contributed by atoms with E-state index in [1.807, 2.05) is 12.1 Å². The summed E-state index contributed by atoms with van der Waals surface area (Å²) in [7, 11) is -3.28. The lowest BCUT2D eigenvalue weighted by Gasteiger charge is -2.31. The lowest BCUT2D eigenvalue weighted by molar-refractivity contribution is 0.0570. The van der Waals surface area contributed by atoms with Crippen LogP contribution in [0.1, 0.15) is 30.4 Å². The number of hydrogen-bond acceptors (Lipinski definition) is 4. The number of benzene rings is 1. The molecular weight excluding hydrogens is 300 g/mol. The largest absolute Gasteiger partial charge is 0.381 e. The molecule has 6 heteroatoms. The molecule has 1 aromatic carbocycles. The Morgan fingerprint density at radius 1 is 1.23 bits per heavy atom. The predicted molar refractivity (Wildman–Crippen MR) is 82.7 cm³/mol. The van der Waals surface area contributed by atoms with Gasteiger partial charge in [-0.2, -0.15) is 5.26 Å². The van der Waals surface area contributed by atoms with Gasteiger partial charge in [-0.25, -0.2) is 13.1 Å². The van der Waals surface area contributed by atoms with Gasteiger partial charge in [0.05, 0.1) is 23.5 Å². The number of rotatable bonds is 5. The van der Waals surface area contributed by atoms with Gasteiger partial charge in [-0.05, 0) is 43.4 Å². The maximum Gasteiger partial charge on any atom is 0.215 e. The second-order valence-electron chi connectivity index (χ2n) is 6.11. The minimum atomic E-state index is -3.28. The topological polar surface area (TPSA) is 79.2 Å². The van der Waals surface area contributed by atoms with Crippen molar-refractivity contribution in [1.82, 2.24) is 4.72 Å². The standard InChI is InChI=1S/C16H20N2O3S/c17-10-13-3-1-12(2-4-13)9-14-11-21-8-7-16(14)22(19,20)18-15-5-6-15/h1-4,14-16,18H,5-9,11H2/t14-,16+/m0/s1.